The van der Waals surface area contributed by atoms with E-state index in [2.05, 4.69) is 301 Å². The molecule has 16 rings (SSSR count). The van der Waals surface area contributed by atoms with Crippen LogP contribution in [0, 0.1) is 42.9 Å². The minimum absolute atomic E-state index is 0.0735. The van der Waals surface area contributed by atoms with Crippen molar-refractivity contribution in [1.29, 1.82) is 0 Å². The Kier molecular flexibility index (Phi) is 16.0. The highest BCUT2D eigenvalue weighted by Crippen LogP contribution is 2.45. The smallest absolute Gasteiger partial charge is 0.158 e. The van der Waals surface area contributed by atoms with Crippen molar-refractivity contribution in [2.24, 2.45) is 0 Å². The quantitative estimate of drug-likeness (QED) is 0.107. The van der Waals surface area contributed by atoms with Crippen LogP contribution in [0.15, 0.2) is 303 Å². The minimum atomic E-state index is -3.13. The molecule has 0 saturated heterocycles. The SMILES string of the molecule is C#CC#CC#Cc1ccc(-c2ccc(N(c3ccc(-c4ccc5c(c4)CS(=O)(=O)C5)cc3)c3ccc(-c4ccc(-c5ccc(-c6ccc(N(c7ccc(-c8ccc(C)cc8)cc7)c7ccc(-c8ccc9c(c8)CS(=O)(=O)C9)cc7)cc6)c6ccccc56)c5ccccc45)cc3)cc2)cc1. The molecule has 0 fully saturated rings. The summed E-state index contributed by atoms with van der Waals surface area (Å²) in [6, 6.07) is 107. The Balaban J connectivity index is 0.703. The number of aryl methyl sites for hydroxylation is 1. The number of hydrogen-bond donors (Lipinski definition) is 0. The molecule has 2 heterocycles. The molecular weight excluding hydrogens is 1250 g/mol. The monoisotopic (exact) mass is 1310 g/mol. The van der Waals surface area contributed by atoms with Gasteiger partial charge in [-0.3, -0.25) is 0 Å². The van der Waals surface area contributed by atoms with Gasteiger partial charge in [-0.25, -0.2) is 16.8 Å². The Labute approximate surface area is 578 Å². The fourth-order valence-electron chi connectivity index (χ4n) is 14.1. The Hall–Kier alpha value is -12.2. The van der Waals surface area contributed by atoms with Crippen molar-refractivity contribution in [2.45, 2.75) is 29.9 Å². The molecule has 8 heteroatoms. The van der Waals surface area contributed by atoms with E-state index in [1.807, 2.05) is 48.5 Å². The van der Waals surface area contributed by atoms with E-state index in [9.17, 15) is 16.8 Å². The molecule has 14 aromatic carbocycles. The maximum atomic E-state index is 12.5. The fourth-order valence-corrected chi connectivity index (χ4v) is 17.3. The average Bonchev–Trinajstić information content (AvgIpc) is 1.38. The molecule has 99 heavy (non-hydrogen) atoms. The molecule has 0 radical (unpaired) electrons. The number of hydrogen-bond acceptors (Lipinski definition) is 6. The van der Waals surface area contributed by atoms with Gasteiger partial charge in [-0.05, 0) is 249 Å². The predicted molar refractivity (Wildman–Crippen MR) is 410 cm³/mol. The molecule has 2 aliphatic rings. The first-order valence-electron chi connectivity index (χ1n) is 32.9. The van der Waals surface area contributed by atoms with E-state index in [0.717, 1.165) is 161 Å². The van der Waals surface area contributed by atoms with Gasteiger partial charge in [-0.1, -0.05) is 218 Å². The summed E-state index contributed by atoms with van der Waals surface area (Å²) in [6.07, 6.45) is 5.26. The lowest BCUT2D eigenvalue weighted by Crippen LogP contribution is -2.09. The van der Waals surface area contributed by atoms with Crippen molar-refractivity contribution >= 4 is 75.3 Å². The molecule has 6 nitrogen and oxygen atoms in total. The Morgan fingerprint density at radius 2 is 0.566 bits per heavy atom. The lowest BCUT2D eigenvalue weighted by molar-refractivity contribution is 0.596. The second kappa shape index (κ2) is 25.7. The molecule has 0 unspecified atom stereocenters. The third-order valence-electron chi connectivity index (χ3n) is 19.1. The molecule has 0 atom stereocenters. The number of rotatable bonds is 13. The Morgan fingerprint density at radius 1 is 0.283 bits per heavy atom. The zero-order valence-corrected chi connectivity index (χ0v) is 55.8. The fraction of sp³-hybridized carbons (Fsp3) is 0.0549. The molecule has 0 bridgehead atoms. The molecule has 0 spiro atoms. The Bertz CT molecular complexity index is 5920. The van der Waals surface area contributed by atoms with Crippen LogP contribution in [-0.4, -0.2) is 16.8 Å². The summed E-state index contributed by atoms with van der Waals surface area (Å²) in [5, 5.41) is 4.64. The van der Waals surface area contributed by atoms with Crippen molar-refractivity contribution < 1.29 is 16.8 Å². The molecule has 472 valence electrons. The van der Waals surface area contributed by atoms with Crippen LogP contribution >= 0.6 is 0 Å². The largest absolute Gasteiger partial charge is 0.311 e. The Morgan fingerprint density at radius 3 is 0.919 bits per heavy atom. The minimum Gasteiger partial charge on any atom is -0.311 e. The number of anilines is 6. The maximum absolute atomic E-state index is 12.5. The summed E-state index contributed by atoms with van der Waals surface area (Å²) < 4.78 is 50.1. The number of sulfone groups is 2. The van der Waals surface area contributed by atoms with E-state index in [0.29, 0.717) is 0 Å². The van der Waals surface area contributed by atoms with Gasteiger partial charge >= 0.3 is 0 Å². The maximum Gasteiger partial charge on any atom is 0.158 e. The predicted octanol–water partition coefficient (Wildman–Crippen LogP) is 21.8. The number of benzene rings is 14. The number of fused-ring (bicyclic) bond motifs is 4. The van der Waals surface area contributed by atoms with Gasteiger partial charge in [-0.2, -0.15) is 0 Å². The topological polar surface area (TPSA) is 74.8 Å². The molecule has 0 aliphatic carbocycles. The lowest BCUT2D eigenvalue weighted by atomic mass is 9.88. The van der Waals surface area contributed by atoms with Gasteiger partial charge in [-0.15, -0.1) is 6.42 Å². The third-order valence-corrected chi connectivity index (χ3v) is 22.1. The lowest BCUT2D eigenvalue weighted by Gasteiger charge is -2.26. The second-order valence-electron chi connectivity index (χ2n) is 25.5. The van der Waals surface area contributed by atoms with E-state index >= 15 is 0 Å². The van der Waals surface area contributed by atoms with Crippen LogP contribution in [0.2, 0.25) is 0 Å². The molecule has 2 aliphatic heterocycles. The van der Waals surface area contributed by atoms with E-state index in [-0.39, 0.29) is 23.0 Å². The van der Waals surface area contributed by atoms with Gasteiger partial charge in [0.2, 0.25) is 0 Å². The highest BCUT2D eigenvalue weighted by molar-refractivity contribution is 7.90. The van der Waals surface area contributed by atoms with Crippen LogP contribution in [-0.2, 0) is 42.7 Å². The summed E-state index contributed by atoms with van der Waals surface area (Å²) in [4.78, 5) is 4.56. The van der Waals surface area contributed by atoms with Gasteiger partial charge in [0.25, 0.3) is 0 Å². The van der Waals surface area contributed by atoms with Crippen molar-refractivity contribution in [3.05, 3.63) is 337 Å². The van der Waals surface area contributed by atoms with Crippen molar-refractivity contribution in [3.63, 3.8) is 0 Å². The van der Waals surface area contributed by atoms with Gasteiger partial charge < -0.3 is 9.80 Å². The molecule has 0 N–H and O–H groups in total. The van der Waals surface area contributed by atoms with E-state index in [1.165, 1.54) is 5.56 Å². The van der Waals surface area contributed by atoms with Gasteiger partial charge in [0.05, 0.1) is 23.0 Å². The van der Waals surface area contributed by atoms with Gasteiger partial charge in [0.1, 0.15) is 0 Å². The summed E-state index contributed by atoms with van der Waals surface area (Å²) in [7, 11) is -6.25. The van der Waals surface area contributed by atoms with E-state index in [1.54, 1.807) is 0 Å². The van der Waals surface area contributed by atoms with Crippen LogP contribution in [0.5, 0.6) is 0 Å². The van der Waals surface area contributed by atoms with Crippen molar-refractivity contribution in [3.8, 4) is 114 Å². The van der Waals surface area contributed by atoms with Crippen LogP contribution < -0.4 is 9.80 Å². The first kappa shape index (κ1) is 61.6. The zero-order valence-electron chi connectivity index (χ0n) is 54.1. The second-order valence-corrected chi connectivity index (χ2v) is 29.6. The molecular formula is C91H62N2O4S2. The zero-order chi connectivity index (χ0) is 67.2. The highest BCUT2D eigenvalue weighted by atomic mass is 32.2. The molecule has 0 saturated carbocycles. The van der Waals surface area contributed by atoms with Crippen molar-refractivity contribution in [1.82, 2.24) is 0 Å². The number of terminal acetylenes is 1. The third kappa shape index (κ3) is 12.5. The van der Waals surface area contributed by atoms with Crippen LogP contribution in [0.4, 0.5) is 34.1 Å². The standard InChI is InChI=1S/C91H62N2O4S2/c1-3-4-5-6-11-63-18-22-65(23-19-63)67-30-42-79(43-31-67)93(81-46-34-69(35-47-81)73-25-27-75-59-99(96,97)61-77(75)57-73)83-50-38-71(39-51-83)85-53-55-91(89-15-10-8-13-87(85)89)90-54-52-84(86-12-7-9-14-88(86)90)70-36-48-82(49-37-70)92(78-40-28-66(29-41-78)64-20-16-62(2)17-21-64)80-44-32-68(33-45-80)72-24-26-74-58-98(94,95)60-76(74)56-72/h1,7-10,12-57H,58-61H2,2H3. The first-order valence-corrected chi connectivity index (χ1v) is 36.5. The summed E-state index contributed by atoms with van der Waals surface area (Å²) >= 11 is 0. The van der Waals surface area contributed by atoms with Crippen LogP contribution in [0.25, 0.3) is 99.4 Å². The molecule has 0 aromatic heterocycles. The van der Waals surface area contributed by atoms with Gasteiger partial charge in [0, 0.05) is 39.7 Å². The number of nitrogens with zero attached hydrogens (tertiary/aromatic N) is 2. The highest BCUT2D eigenvalue weighted by Gasteiger charge is 2.27. The summed E-state index contributed by atoms with van der Waals surface area (Å²) in [5.41, 5.74) is 26.8. The average molecular weight is 1310 g/mol. The normalized spacial score (nSPS) is 13.1. The van der Waals surface area contributed by atoms with Crippen LogP contribution in [0.3, 0.4) is 0 Å². The van der Waals surface area contributed by atoms with Gasteiger partial charge in [0.15, 0.2) is 19.7 Å². The molecule has 14 aromatic rings. The summed E-state index contributed by atoms with van der Waals surface area (Å²) in [6.45, 7) is 2.11. The first-order chi connectivity index (χ1) is 48.3. The van der Waals surface area contributed by atoms with Crippen LogP contribution in [0.1, 0.15) is 33.4 Å². The van der Waals surface area contributed by atoms with Crippen molar-refractivity contribution in [2.75, 3.05) is 9.80 Å². The summed E-state index contributed by atoms with van der Waals surface area (Å²) in [5.74, 6) is 13.7. The van der Waals surface area contributed by atoms with E-state index < -0.39 is 19.7 Å². The molecule has 0 amide bonds. The van der Waals surface area contributed by atoms with E-state index in [4.69, 9.17) is 6.42 Å².